The van der Waals surface area contributed by atoms with Gasteiger partial charge in [-0.05, 0) is 18.8 Å². The second-order valence-corrected chi connectivity index (χ2v) is 7.13. The third-order valence-corrected chi connectivity index (χ3v) is 5.52. The molecule has 5 heteroatoms. The van der Waals surface area contributed by atoms with Gasteiger partial charge in [-0.25, -0.2) is 4.79 Å². The largest absolute Gasteiger partial charge is 0.453 e. The fraction of sp³-hybridized carbons (Fsp3) is 0.857. The Morgan fingerprint density at radius 3 is 2.63 bits per heavy atom. The molecule has 2 atom stereocenters. The summed E-state index contributed by atoms with van der Waals surface area (Å²) < 4.78 is 5.34. The summed E-state index contributed by atoms with van der Waals surface area (Å²) in [6, 6.07) is 0. The van der Waals surface area contributed by atoms with Gasteiger partial charge in [0.15, 0.2) is 0 Å². The minimum absolute atomic E-state index is 0.0653. The molecule has 1 heterocycles. The summed E-state index contributed by atoms with van der Waals surface area (Å²) in [7, 11) is 0. The van der Waals surface area contributed by atoms with Gasteiger partial charge in [-0.1, -0.05) is 33.1 Å². The topological polar surface area (TPSA) is 62.7 Å². The van der Waals surface area contributed by atoms with Crippen molar-refractivity contribution < 1.29 is 14.3 Å². The molecule has 0 radical (unpaired) electrons. The molecule has 19 heavy (non-hydrogen) atoms. The SMILES string of the molecule is CC(C)[C@H]1OC(=O)C(=[N+]=[N-])[C@@H]1CSC1CCCCC1. The van der Waals surface area contributed by atoms with Crippen molar-refractivity contribution in [1.82, 2.24) is 0 Å². The molecule has 106 valence electrons. The Morgan fingerprint density at radius 2 is 2.05 bits per heavy atom. The van der Waals surface area contributed by atoms with Gasteiger partial charge < -0.3 is 10.3 Å². The summed E-state index contributed by atoms with van der Waals surface area (Å²) >= 11 is 1.91. The minimum atomic E-state index is -0.449. The van der Waals surface area contributed by atoms with Crippen molar-refractivity contribution >= 4 is 23.4 Å². The first-order chi connectivity index (χ1) is 9.13. The first-order valence-electron chi connectivity index (χ1n) is 7.18. The average Bonchev–Trinajstić information content (AvgIpc) is 2.74. The maximum absolute atomic E-state index is 11.7. The first kappa shape index (κ1) is 14.6. The van der Waals surface area contributed by atoms with Crippen LogP contribution < -0.4 is 0 Å². The standard InChI is InChI=1S/C14H22N2O2S/c1-9(2)13-11(12(16-15)14(17)18-13)8-19-10-6-4-3-5-7-10/h9-11,13H,3-8H2,1-2H3/t11-,13+/m0/s1. The van der Waals surface area contributed by atoms with Gasteiger partial charge in [-0.15, -0.1) is 0 Å². The van der Waals surface area contributed by atoms with Crippen molar-refractivity contribution in [2.75, 3.05) is 5.75 Å². The molecule has 1 aliphatic carbocycles. The molecule has 2 fully saturated rings. The number of nitrogens with zero attached hydrogens (tertiary/aromatic N) is 2. The lowest BCUT2D eigenvalue weighted by molar-refractivity contribution is -0.141. The van der Waals surface area contributed by atoms with Crippen LogP contribution in [0, 0.1) is 11.8 Å². The Labute approximate surface area is 118 Å². The molecular formula is C14H22N2O2S. The van der Waals surface area contributed by atoms with Gasteiger partial charge in [-0.2, -0.15) is 16.6 Å². The molecule has 0 aromatic carbocycles. The van der Waals surface area contributed by atoms with Crippen LogP contribution in [0.1, 0.15) is 46.0 Å². The van der Waals surface area contributed by atoms with Crippen LogP contribution >= 0.6 is 11.8 Å². The fourth-order valence-electron chi connectivity index (χ4n) is 2.93. The number of thioether (sulfide) groups is 1. The second kappa shape index (κ2) is 6.58. The van der Waals surface area contributed by atoms with E-state index >= 15 is 0 Å². The Balaban J connectivity index is 1.98. The predicted octanol–water partition coefficient (Wildman–Crippen LogP) is 2.92. The molecule has 4 nitrogen and oxygen atoms in total. The molecule has 1 saturated carbocycles. The van der Waals surface area contributed by atoms with Crippen LogP contribution in [0.2, 0.25) is 0 Å². The summed E-state index contributed by atoms with van der Waals surface area (Å²) in [5, 5.41) is 0.692. The van der Waals surface area contributed by atoms with Gasteiger partial charge in [-0.3, -0.25) is 0 Å². The molecular weight excluding hydrogens is 260 g/mol. The summed E-state index contributed by atoms with van der Waals surface area (Å²) in [6.45, 7) is 4.08. The van der Waals surface area contributed by atoms with E-state index < -0.39 is 5.97 Å². The van der Waals surface area contributed by atoms with Crippen LogP contribution in [-0.4, -0.2) is 33.6 Å². The monoisotopic (exact) mass is 282 g/mol. The molecule has 0 unspecified atom stereocenters. The molecule has 2 aliphatic rings. The van der Waals surface area contributed by atoms with E-state index in [2.05, 4.69) is 4.79 Å². The van der Waals surface area contributed by atoms with Gasteiger partial charge in [0.05, 0.1) is 0 Å². The maximum Gasteiger partial charge on any atom is 0.417 e. The number of hydrogen-bond acceptors (Lipinski definition) is 3. The van der Waals surface area contributed by atoms with Crippen LogP contribution in [0.4, 0.5) is 0 Å². The third-order valence-electron chi connectivity index (χ3n) is 4.03. The van der Waals surface area contributed by atoms with Crippen LogP contribution in [0.3, 0.4) is 0 Å². The molecule has 1 aliphatic heterocycles. The van der Waals surface area contributed by atoms with Gasteiger partial charge in [0.1, 0.15) is 12.0 Å². The molecule has 0 aromatic heterocycles. The third kappa shape index (κ3) is 3.40. The number of ether oxygens (including phenoxy) is 1. The first-order valence-corrected chi connectivity index (χ1v) is 8.23. The Bertz CT molecular complexity index is 385. The van der Waals surface area contributed by atoms with Gasteiger partial charge >= 0.3 is 11.7 Å². The average molecular weight is 282 g/mol. The van der Waals surface area contributed by atoms with Crippen molar-refractivity contribution in [2.24, 2.45) is 11.8 Å². The zero-order chi connectivity index (χ0) is 13.8. The molecule has 1 saturated heterocycles. The normalized spacial score (nSPS) is 28.6. The molecule has 0 N–H and O–H groups in total. The van der Waals surface area contributed by atoms with Crippen molar-refractivity contribution in [3.63, 3.8) is 0 Å². The number of rotatable bonds is 4. The highest BCUT2D eigenvalue weighted by Gasteiger charge is 2.49. The number of carbonyl (C=O) groups is 1. The highest BCUT2D eigenvalue weighted by molar-refractivity contribution is 7.99. The van der Waals surface area contributed by atoms with E-state index in [9.17, 15) is 4.79 Å². The molecule has 0 amide bonds. The van der Waals surface area contributed by atoms with E-state index in [1.165, 1.54) is 32.1 Å². The summed E-state index contributed by atoms with van der Waals surface area (Å²) in [5.74, 6) is 0.554. The Morgan fingerprint density at radius 1 is 1.37 bits per heavy atom. The molecule has 0 aromatic rings. The van der Waals surface area contributed by atoms with E-state index in [0.717, 1.165) is 5.75 Å². The second-order valence-electron chi connectivity index (χ2n) is 5.80. The Hall–Kier alpha value is -0.800. The molecule has 0 bridgehead atoms. The van der Waals surface area contributed by atoms with Crippen LogP contribution in [0.5, 0.6) is 0 Å². The van der Waals surface area contributed by atoms with Crippen LogP contribution in [0.15, 0.2) is 0 Å². The summed E-state index contributed by atoms with van der Waals surface area (Å²) in [5.41, 5.74) is 9.23. The lowest BCUT2D eigenvalue weighted by atomic mass is 9.93. The van der Waals surface area contributed by atoms with Crippen molar-refractivity contribution in [3.8, 4) is 0 Å². The summed E-state index contributed by atoms with van der Waals surface area (Å²) in [4.78, 5) is 14.8. The van der Waals surface area contributed by atoms with E-state index in [4.69, 9.17) is 10.3 Å². The molecule has 0 spiro atoms. The number of carbonyl (C=O) groups excluding carboxylic acids is 1. The highest BCUT2D eigenvalue weighted by Crippen LogP contribution is 2.34. The van der Waals surface area contributed by atoms with E-state index in [1.807, 2.05) is 25.6 Å². The van der Waals surface area contributed by atoms with Crippen LogP contribution in [0.25, 0.3) is 5.53 Å². The van der Waals surface area contributed by atoms with Gasteiger partial charge in [0.25, 0.3) is 0 Å². The summed E-state index contributed by atoms with van der Waals surface area (Å²) in [6.07, 6.45) is 6.36. The quantitative estimate of drug-likeness (QED) is 0.452. The number of hydrogen-bond donors (Lipinski definition) is 0. The van der Waals surface area contributed by atoms with Crippen LogP contribution in [-0.2, 0) is 9.53 Å². The van der Waals surface area contributed by atoms with Crippen molar-refractivity contribution in [3.05, 3.63) is 5.53 Å². The number of esters is 1. The van der Waals surface area contributed by atoms with E-state index in [-0.39, 0.29) is 23.7 Å². The Kier molecular flexibility index (Phi) is 5.06. The van der Waals surface area contributed by atoms with E-state index in [0.29, 0.717) is 5.25 Å². The highest BCUT2D eigenvalue weighted by atomic mass is 32.2. The number of cyclic esters (lactones) is 1. The minimum Gasteiger partial charge on any atom is -0.453 e. The zero-order valence-corrected chi connectivity index (χ0v) is 12.5. The van der Waals surface area contributed by atoms with E-state index in [1.54, 1.807) is 0 Å². The molecule has 2 rings (SSSR count). The smallest absolute Gasteiger partial charge is 0.417 e. The predicted molar refractivity (Wildman–Crippen MR) is 76.2 cm³/mol. The lowest BCUT2D eigenvalue weighted by Crippen LogP contribution is -2.29. The maximum atomic E-state index is 11.7. The fourth-order valence-corrected chi connectivity index (χ4v) is 4.43. The zero-order valence-electron chi connectivity index (χ0n) is 11.7. The lowest BCUT2D eigenvalue weighted by Gasteiger charge is -2.23. The van der Waals surface area contributed by atoms with Gasteiger partial charge in [0, 0.05) is 11.0 Å². The van der Waals surface area contributed by atoms with Crippen molar-refractivity contribution in [1.29, 1.82) is 0 Å². The van der Waals surface area contributed by atoms with Gasteiger partial charge in [0.2, 0.25) is 0 Å². The van der Waals surface area contributed by atoms with Crippen molar-refractivity contribution in [2.45, 2.75) is 57.3 Å².